The Kier molecular flexibility index (Phi) is 17.0. The number of hydrogen-bond acceptors (Lipinski definition) is 8. The van der Waals surface area contributed by atoms with Crippen LogP contribution < -0.4 is 43.5 Å². The van der Waals surface area contributed by atoms with Crippen molar-refractivity contribution in [2.75, 3.05) is 5.32 Å². The van der Waals surface area contributed by atoms with Crippen molar-refractivity contribution >= 4 is 53.4 Å². The first-order chi connectivity index (χ1) is 21.7. The largest absolute Gasteiger partial charge is 0.370 e. The summed E-state index contributed by atoms with van der Waals surface area (Å²) < 4.78 is 0. The molecule has 1 aromatic rings. The van der Waals surface area contributed by atoms with Crippen LogP contribution in [0.25, 0.3) is 0 Å². The van der Waals surface area contributed by atoms with Crippen LogP contribution in [0, 0.1) is 11.8 Å². The van der Waals surface area contributed by atoms with Gasteiger partial charge in [-0.2, -0.15) is 5.10 Å². The monoisotopic (exact) mass is 645 g/mol. The first kappa shape index (κ1) is 39.0. The van der Waals surface area contributed by atoms with Gasteiger partial charge in [0.05, 0.1) is 0 Å². The van der Waals surface area contributed by atoms with Crippen LogP contribution in [-0.2, 0) is 28.8 Å². The van der Waals surface area contributed by atoms with E-state index in [-0.39, 0.29) is 37.5 Å². The predicted octanol–water partition coefficient (Wildman–Crippen LogP) is -0.0139. The first-order valence-corrected chi connectivity index (χ1v) is 15.1. The minimum atomic E-state index is -1.30. The van der Waals surface area contributed by atoms with E-state index >= 15 is 0 Å². The van der Waals surface area contributed by atoms with Gasteiger partial charge in [0.25, 0.3) is 0 Å². The van der Waals surface area contributed by atoms with Crippen molar-refractivity contribution in [3.8, 4) is 0 Å². The van der Waals surface area contributed by atoms with E-state index in [1.807, 2.05) is 6.92 Å². The van der Waals surface area contributed by atoms with Gasteiger partial charge in [-0.1, -0.05) is 52.3 Å². The zero-order valence-electron chi connectivity index (χ0n) is 26.9. The molecule has 0 heterocycles. The number of amides is 8. The lowest BCUT2D eigenvalue weighted by Crippen LogP contribution is -2.60. The van der Waals surface area contributed by atoms with Crippen LogP contribution in [0.15, 0.2) is 35.4 Å². The maximum absolute atomic E-state index is 13.4. The summed E-state index contributed by atoms with van der Waals surface area (Å²) in [6.45, 7) is 8.17. The highest BCUT2D eigenvalue weighted by atomic mass is 16.2. The van der Waals surface area contributed by atoms with E-state index in [0.717, 1.165) is 0 Å². The Bertz CT molecular complexity index is 1240. The molecule has 254 valence electrons. The molecule has 16 heteroatoms. The molecule has 0 aromatic heterocycles. The molecule has 3 unspecified atom stereocenters. The zero-order valence-corrected chi connectivity index (χ0v) is 26.9. The van der Waals surface area contributed by atoms with Gasteiger partial charge in [0.1, 0.15) is 24.2 Å². The second kappa shape index (κ2) is 20.1. The Morgan fingerprint density at radius 1 is 0.804 bits per heavy atom. The van der Waals surface area contributed by atoms with Crippen molar-refractivity contribution in [3.05, 3.63) is 30.3 Å². The second-order valence-electron chi connectivity index (χ2n) is 11.1. The van der Waals surface area contributed by atoms with Crippen molar-refractivity contribution in [1.29, 1.82) is 0 Å². The Morgan fingerprint density at radius 3 is 1.93 bits per heavy atom. The molecule has 0 radical (unpaired) electrons. The average molecular weight is 646 g/mol. The molecule has 5 atom stereocenters. The molecule has 0 aliphatic carbocycles. The smallest absolute Gasteiger partial charge is 0.339 e. The normalized spacial score (nSPS) is 14.2. The van der Waals surface area contributed by atoms with Crippen molar-refractivity contribution in [2.45, 2.75) is 90.9 Å². The molecule has 16 nitrogen and oxygen atoms in total. The summed E-state index contributed by atoms with van der Waals surface area (Å²) in [5, 5.41) is 16.7. The minimum Gasteiger partial charge on any atom is -0.370 e. The van der Waals surface area contributed by atoms with Crippen molar-refractivity contribution in [3.63, 3.8) is 0 Å². The highest BCUT2D eigenvalue weighted by molar-refractivity contribution is 5.96. The predicted molar refractivity (Wildman–Crippen MR) is 172 cm³/mol. The number of hydrazone groups is 1. The Morgan fingerprint density at radius 2 is 1.39 bits per heavy atom. The Hall–Kier alpha value is -5.02. The molecule has 0 aliphatic heterocycles. The number of hydrogen-bond donors (Lipinski definition) is 8. The minimum absolute atomic E-state index is 0.0443. The van der Waals surface area contributed by atoms with Crippen LogP contribution in [0.1, 0.15) is 66.7 Å². The maximum atomic E-state index is 13.4. The van der Waals surface area contributed by atoms with Crippen LogP contribution >= 0.6 is 0 Å². The number of anilines is 1. The van der Waals surface area contributed by atoms with Crippen LogP contribution in [0.3, 0.4) is 0 Å². The number of urea groups is 1. The maximum Gasteiger partial charge on any atom is 0.339 e. The molecule has 0 saturated carbocycles. The van der Waals surface area contributed by atoms with Crippen LogP contribution in [0.4, 0.5) is 10.5 Å². The summed E-state index contributed by atoms with van der Waals surface area (Å²) >= 11 is 0. The fraction of sp³-hybridized carbons (Fsp3) is 0.533. The third kappa shape index (κ3) is 14.6. The van der Waals surface area contributed by atoms with Gasteiger partial charge in [0, 0.05) is 25.2 Å². The Labute approximate surface area is 268 Å². The van der Waals surface area contributed by atoms with Crippen molar-refractivity contribution in [1.82, 2.24) is 26.7 Å². The molecule has 0 fully saturated rings. The SMILES string of the molecule is CC[C@@H](C)[C@H](NC(=O)C(CCC(N)=O)NC(=O)C(CC/C=N\NC(=O)Nc1ccccc1)NC(C)=O)C(=O)NC(C(N)=O)C(C)C. The topological polar surface area (TPSA) is 256 Å². The van der Waals surface area contributed by atoms with Gasteiger partial charge in [0.2, 0.25) is 35.4 Å². The number of para-hydroxylation sites is 1. The molecule has 1 rings (SSSR count). The molecular formula is C30H47N9O7. The number of rotatable bonds is 19. The van der Waals surface area contributed by atoms with Gasteiger partial charge in [-0.25, -0.2) is 10.2 Å². The molecule has 46 heavy (non-hydrogen) atoms. The fourth-order valence-electron chi connectivity index (χ4n) is 4.20. The van der Waals surface area contributed by atoms with Gasteiger partial charge < -0.3 is 38.1 Å². The van der Waals surface area contributed by atoms with E-state index in [9.17, 15) is 33.6 Å². The number of primary amides is 2. The van der Waals surface area contributed by atoms with Crippen molar-refractivity contribution < 1.29 is 33.6 Å². The van der Waals surface area contributed by atoms with Crippen LogP contribution in [-0.4, -0.2) is 71.9 Å². The molecule has 10 N–H and O–H groups in total. The second-order valence-corrected chi connectivity index (χ2v) is 11.1. The fourth-order valence-corrected chi connectivity index (χ4v) is 4.20. The van der Waals surface area contributed by atoms with Crippen LogP contribution in [0.5, 0.6) is 0 Å². The molecule has 0 spiro atoms. The molecule has 8 amide bonds. The number of benzene rings is 1. The standard InChI is InChI=1S/C30H47N9O7/c1-6-18(4)25(29(45)37-24(17(2)3)26(32)42)38-28(44)22(14-15-23(31)41)36-27(43)21(34-19(5)40)13-10-16-33-39-30(46)35-20-11-8-7-9-12-20/h7-9,11-12,16-18,21-22,24-25H,6,10,13-15H2,1-5H3,(H2,31,41)(H2,32,42)(H,34,40)(H,36,43)(H,37,45)(H,38,44)(H2,35,39,46)/b33-16-/t18-,21?,22?,24?,25+/m1/s1. The number of nitrogens with one attached hydrogen (secondary N) is 6. The quantitative estimate of drug-likeness (QED) is 0.0753. The summed E-state index contributed by atoms with van der Waals surface area (Å²) in [5.74, 6) is -4.80. The van der Waals surface area contributed by atoms with E-state index in [1.165, 1.54) is 13.1 Å². The van der Waals surface area contributed by atoms with Gasteiger partial charge in [0.15, 0.2) is 0 Å². The summed E-state index contributed by atoms with van der Waals surface area (Å²) in [6.07, 6.45) is 1.57. The number of nitrogens with two attached hydrogens (primary N) is 2. The highest BCUT2D eigenvalue weighted by Crippen LogP contribution is 2.12. The summed E-state index contributed by atoms with van der Waals surface area (Å²) in [6, 6.07) is 3.63. The number of carbonyl (C=O) groups excluding carboxylic acids is 7. The Balaban J connectivity index is 2.99. The van der Waals surface area contributed by atoms with E-state index in [1.54, 1.807) is 51.1 Å². The zero-order chi connectivity index (χ0) is 34.8. The molecule has 1 aromatic carbocycles. The lowest BCUT2D eigenvalue weighted by Gasteiger charge is -2.29. The van der Waals surface area contributed by atoms with E-state index in [4.69, 9.17) is 11.5 Å². The summed E-state index contributed by atoms with van der Waals surface area (Å²) in [7, 11) is 0. The molecule has 0 aliphatic rings. The van der Waals surface area contributed by atoms with Crippen LogP contribution in [0.2, 0.25) is 0 Å². The number of nitrogens with zero attached hydrogens (tertiary/aromatic N) is 1. The van der Waals surface area contributed by atoms with Gasteiger partial charge in [-0.15, -0.1) is 0 Å². The van der Waals surface area contributed by atoms with E-state index in [0.29, 0.717) is 12.1 Å². The van der Waals surface area contributed by atoms with E-state index < -0.39 is 65.6 Å². The number of carbonyl (C=O) groups is 7. The average Bonchev–Trinajstić information content (AvgIpc) is 2.98. The third-order valence-electron chi connectivity index (χ3n) is 6.94. The lowest BCUT2D eigenvalue weighted by molar-refractivity contribution is -0.135. The highest BCUT2D eigenvalue weighted by Gasteiger charge is 2.33. The molecular weight excluding hydrogens is 598 g/mol. The molecule has 0 saturated heterocycles. The third-order valence-corrected chi connectivity index (χ3v) is 6.94. The summed E-state index contributed by atoms with van der Waals surface area (Å²) in [5.41, 5.74) is 13.6. The van der Waals surface area contributed by atoms with Gasteiger partial charge in [-0.05, 0) is 43.2 Å². The van der Waals surface area contributed by atoms with Gasteiger partial charge >= 0.3 is 6.03 Å². The first-order valence-electron chi connectivity index (χ1n) is 15.1. The van der Waals surface area contributed by atoms with E-state index in [2.05, 4.69) is 37.1 Å². The van der Waals surface area contributed by atoms with Gasteiger partial charge in [-0.3, -0.25) is 28.8 Å². The molecule has 0 bridgehead atoms. The lowest BCUT2D eigenvalue weighted by atomic mass is 9.96. The van der Waals surface area contributed by atoms with Crippen molar-refractivity contribution in [2.24, 2.45) is 28.4 Å². The summed E-state index contributed by atoms with van der Waals surface area (Å²) in [4.78, 5) is 87.0.